The molecule has 0 aliphatic heterocycles. The number of ketones is 1. The van der Waals surface area contributed by atoms with E-state index in [0.29, 0.717) is 6.07 Å². The van der Waals surface area contributed by atoms with Crippen molar-refractivity contribution in [2.45, 2.75) is 6.18 Å². The topological polar surface area (TPSA) is 74.6 Å². The molecule has 0 heterocycles. The Balaban J connectivity index is 3.46. The minimum Gasteiger partial charge on any atom is -0.506 e. The molecule has 0 bridgehead atoms. The van der Waals surface area contributed by atoms with Crippen LogP contribution in [0, 0.1) is 0 Å². The summed E-state index contributed by atoms with van der Waals surface area (Å²) in [4.78, 5) is 21.4. The number of aliphatic carboxylic acids is 1. The van der Waals surface area contributed by atoms with Gasteiger partial charge in [0, 0.05) is 0 Å². The highest BCUT2D eigenvalue weighted by Gasteiger charge is 2.34. The van der Waals surface area contributed by atoms with Crippen LogP contribution >= 0.6 is 11.6 Å². The van der Waals surface area contributed by atoms with Crippen LogP contribution < -0.4 is 0 Å². The highest BCUT2D eigenvalue weighted by Crippen LogP contribution is 2.37. The van der Waals surface area contributed by atoms with E-state index in [1.54, 1.807) is 0 Å². The van der Waals surface area contributed by atoms with E-state index in [4.69, 9.17) is 16.7 Å². The smallest absolute Gasteiger partial charge is 0.416 e. The summed E-state index contributed by atoms with van der Waals surface area (Å²) in [5, 5.41) is 16.8. The molecule has 1 rings (SSSR count). The van der Waals surface area contributed by atoms with Gasteiger partial charge in [0.15, 0.2) is 0 Å². The fourth-order valence-corrected chi connectivity index (χ4v) is 1.27. The van der Waals surface area contributed by atoms with E-state index in [-0.39, 0.29) is 6.07 Å². The molecule has 1 aromatic rings. The minimum absolute atomic E-state index is 0.234. The molecule has 0 saturated heterocycles. The number of carboxylic acid groups (broad SMARTS) is 1. The van der Waals surface area contributed by atoms with Crippen LogP contribution in [0.4, 0.5) is 13.2 Å². The van der Waals surface area contributed by atoms with Gasteiger partial charge in [-0.05, 0) is 12.1 Å². The zero-order valence-electron chi connectivity index (χ0n) is 7.88. The van der Waals surface area contributed by atoms with E-state index in [2.05, 4.69) is 0 Å². The molecule has 92 valence electrons. The maximum atomic E-state index is 12.3. The number of alkyl halides is 3. The van der Waals surface area contributed by atoms with Gasteiger partial charge in [0.05, 0.1) is 16.1 Å². The van der Waals surface area contributed by atoms with Gasteiger partial charge < -0.3 is 10.2 Å². The normalized spacial score (nSPS) is 11.3. The zero-order valence-corrected chi connectivity index (χ0v) is 8.63. The van der Waals surface area contributed by atoms with Crippen LogP contribution in [-0.2, 0) is 11.0 Å². The Bertz CT molecular complexity index is 496. The first kappa shape index (κ1) is 13.3. The predicted molar refractivity (Wildman–Crippen MR) is 50.1 cm³/mol. The fraction of sp³-hybridized carbons (Fsp3) is 0.111. The van der Waals surface area contributed by atoms with Gasteiger partial charge in [0.1, 0.15) is 5.75 Å². The maximum absolute atomic E-state index is 12.3. The molecule has 0 radical (unpaired) electrons. The number of carbonyl (C=O) groups excluding carboxylic acids is 1. The fourth-order valence-electron chi connectivity index (χ4n) is 1.05. The lowest BCUT2D eigenvalue weighted by atomic mass is 10.1. The standard InChI is InChI=1S/C9H4ClF3O4/c10-5-2-3(9(11,12)13)1-4(6(5)14)7(15)8(16)17/h1-2,14H,(H,16,17). The van der Waals surface area contributed by atoms with Crippen molar-refractivity contribution in [3.8, 4) is 5.75 Å². The second-order valence-corrected chi connectivity index (χ2v) is 3.39. The van der Waals surface area contributed by atoms with Gasteiger partial charge >= 0.3 is 12.1 Å². The third-order valence-electron chi connectivity index (χ3n) is 1.83. The molecule has 1 aromatic carbocycles. The number of Topliss-reactive ketones (excluding diaryl/α,β-unsaturated/α-hetero) is 1. The maximum Gasteiger partial charge on any atom is 0.416 e. The molecule has 0 fully saturated rings. The lowest BCUT2D eigenvalue weighted by Gasteiger charge is -2.10. The first-order chi connectivity index (χ1) is 7.64. The molecule has 4 nitrogen and oxygen atoms in total. The highest BCUT2D eigenvalue weighted by atomic mass is 35.5. The van der Waals surface area contributed by atoms with Crippen molar-refractivity contribution in [1.29, 1.82) is 0 Å². The van der Waals surface area contributed by atoms with Crippen molar-refractivity contribution < 1.29 is 33.0 Å². The van der Waals surface area contributed by atoms with Crippen molar-refractivity contribution >= 4 is 23.4 Å². The predicted octanol–water partition coefficient (Wildman–Crippen LogP) is 2.33. The van der Waals surface area contributed by atoms with Crippen LogP contribution in [0.15, 0.2) is 12.1 Å². The summed E-state index contributed by atoms with van der Waals surface area (Å²) < 4.78 is 37.0. The molecule has 0 aromatic heterocycles. The number of carbonyl (C=O) groups is 2. The third-order valence-corrected chi connectivity index (χ3v) is 2.12. The number of hydrogen-bond donors (Lipinski definition) is 2. The van der Waals surface area contributed by atoms with Crippen molar-refractivity contribution in [2.24, 2.45) is 0 Å². The molecule has 0 amide bonds. The Hall–Kier alpha value is -1.76. The number of halogens is 4. The number of hydrogen-bond acceptors (Lipinski definition) is 3. The zero-order chi connectivity index (χ0) is 13.4. The molecule has 0 unspecified atom stereocenters. The van der Waals surface area contributed by atoms with Crippen molar-refractivity contribution in [2.75, 3.05) is 0 Å². The number of phenolic OH excluding ortho intramolecular Hbond substituents is 1. The molecule has 0 atom stereocenters. The van der Waals surface area contributed by atoms with Crippen molar-refractivity contribution in [3.05, 3.63) is 28.3 Å². The van der Waals surface area contributed by atoms with E-state index in [1.165, 1.54) is 0 Å². The number of rotatable bonds is 2. The largest absolute Gasteiger partial charge is 0.506 e. The molecule has 2 N–H and O–H groups in total. The van der Waals surface area contributed by atoms with Gasteiger partial charge in [-0.15, -0.1) is 0 Å². The third kappa shape index (κ3) is 2.68. The summed E-state index contributed by atoms with van der Waals surface area (Å²) in [6, 6.07) is 0.632. The molecule has 0 aliphatic rings. The van der Waals surface area contributed by atoms with E-state index >= 15 is 0 Å². The average molecular weight is 269 g/mol. The van der Waals surface area contributed by atoms with Gasteiger partial charge in [-0.25, -0.2) is 4.79 Å². The minimum atomic E-state index is -4.80. The van der Waals surface area contributed by atoms with Crippen molar-refractivity contribution in [3.63, 3.8) is 0 Å². The lowest BCUT2D eigenvalue weighted by molar-refractivity contribution is -0.137. The molecular weight excluding hydrogens is 265 g/mol. The Kier molecular flexibility index (Phi) is 3.33. The number of benzene rings is 1. The average Bonchev–Trinajstić information content (AvgIpc) is 2.19. The van der Waals surface area contributed by atoms with Gasteiger partial charge in [-0.2, -0.15) is 13.2 Å². The molecule has 0 aliphatic carbocycles. The summed E-state index contributed by atoms with van der Waals surface area (Å²) in [5.41, 5.74) is -2.32. The van der Waals surface area contributed by atoms with Crippen LogP contribution in [0.5, 0.6) is 5.75 Å². The highest BCUT2D eigenvalue weighted by molar-refractivity contribution is 6.42. The van der Waals surface area contributed by atoms with E-state index < -0.39 is 39.8 Å². The summed E-state index contributed by atoms with van der Waals surface area (Å²) in [6.45, 7) is 0. The van der Waals surface area contributed by atoms with Crippen LogP contribution in [0.3, 0.4) is 0 Å². The van der Waals surface area contributed by atoms with Crippen LogP contribution in [0.25, 0.3) is 0 Å². The van der Waals surface area contributed by atoms with Crippen LogP contribution in [-0.4, -0.2) is 22.0 Å². The summed E-state index contributed by atoms with van der Waals surface area (Å²) in [5.74, 6) is -4.65. The first-order valence-electron chi connectivity index (χ1n) is 4.02. The molecular formula is C9H4ClF3O4. The van der Waals surface area contributed by atoms with Gasteiger partial charge in [-0.1, -0.05) is 11.6 Å². The van der Waals surface area contributed by atoms with E-state index in [1.807, 2.05) is 0 Å². The molecule has 0 saturated carbocycles. The number of carboxylic acids is 1. The summed E-state index contributed by atoms with van der Waals surface area (Å²) in [7, 11) is 0. The second-order valence-electron chi connectivity index (χ2n) is 2.99. The Morgan fingerprint density at radius 3 is 2.18 bits per heavy atom. The molecule has 17 heavy (non-hydrogen) atoms. The lowest BCUT2D eigenvalue weighted by Crippen LogP contribution is -2.15. The quantitative estimate of drug-likeness (QED) is 0.638. The second kappa shape index (κ2) is 4.25. The molecule has 8 heteroatoms. The molecule has 0 spiro atoms. The summed E-state index contributed by atoms with van der Waals surface area (Å²) >= 11 is 5.28. The SMILES string of the molecule is O=C(O)C(=O)c1cc(C(F)(F)F)cc(Cl)c1O. The Morgan fingerprint density at radius 2 is 1.76 bits per heavy atom. The Morgan fingerprint density at radius 1 is 1.24 bits per heavy atom. The Labute approximate surface area is 97.2 Å². The van der Waals surface area contributed by atoms with Gasteiger partial charge in [0.25, 0.3) is 5.78 Å². The number of phenols is 1. The van der Waals surface area contributed by atoms with Crippen molar-refractivity contribution in [1.82, 2.24) is 0 Å². The van der Waals surface area contributed by atoms with E-state index in [9.17, 15) is 27.9 Å². The van der Waals surface area contributed by atoms with Gasteiger partial charge in [-0.3, -0.25) is 4.79 Å². The van der Waals surface area contributed by atoms with Crippen LogP contribution in [0.1, 0.15) is 15.9 Å². The number of aromatic hydroxyl groups is 1. The van der Waals surface area contributed by atoms with Gasteiger partial charge in [0.2, 0.25) is 0 Å². The summed E-state index contributed by atoms with van der Waals surface area (Å²) in [6.07, 6.45) is -4.80. The van der Waals surface area contributed by atoms with E-state index in [0.717, 1.165) is 0 Å². The van der Waals surface area contributed by atoms with Crippen LogP contribution in [0.2, 0.25) is 5.02 Å². The first-order valence-corrected chi connectivity index (χ1v) is 4.39. The monoisotopic (exact) mass is 268 g/mol.